The number of nitrogens with zero attached hydrogens (tertiary/aromatic N) is 2. The standard InChI is InChI=1S/C15H16Br2N2O2S/c1-10-8-12(16)21-14(10)15(20)19-6-4-18(5-7-19)9-11-2-3-13(17)22-11/h2-3,8H,4-7,9H2,1H3. The molecule has 1 saturated heterocycles. The van der Waals surface area contributed by atoms with Crippen molar-refractivity contribution >= 4 is 49.1 Å². The van der Waals surface area contributed by atoms with Gasteiger partial charge in [-0.25, -0.2) is 0 Å². The van der Waals surface area contributed by atoms with Crippen LogP contribution in [0.3, 0.4) is 0 Å². The molecular weight excluding hydrogens is 432 g/mol. The molecule has 0 radical (unpaired) electrons. The molecule has 1 aliphatic heterocycles. The zero-order valence-corrected chi connectivity index (χ0v) is 16.1. The first-order valence-electron chi connectivity index (χ1n) is 7.04. The average molecular weight is 448 g/mol. The predicted molar refractivity (Wildman–Crippen MR) is 94.3 cm³/mol. The van der Waals surface area contributed by atoms with Gasteiger partial charge in [0, 0.05) is 43.2 Å². The first-order chi connectivity index (χ1) is 10.5. The highest BCUT2D eigenvalue weighted by molar-refractivity contribution is 9.11. The summed E-state index contributed by atoms with van der Waals surface area (Å²) in [6.07, 6.45) is 0. The van der Waals surface area contributed by atoms with E-state index in [-0.39, 0.29) is 5.91 Å². The molecule has 0 bridgehead atoms. The number of hydrogen-bond acceptors (Lipinski definition) is 4. The fourth-order valence-corrected chi connectivity index (χ4v) is 4.60. The number of carbonyl (C=O) groups excluding carboxylic acids is 1. The summed E-state index contributed by atoms with van der Waals surface area (Å²) in [4.78, 5) is 18.1. The lowest BCUT2D eigenvalue weighted by atomic mass is 10.2. The van der Waals surface area contributed by atoms with Gasteiger partial charge < -0.3 is 9.32 Å². The summed E-state index contributed by atoms with van der Waals surface area (Å²) in [7, 11) is 0. The zero-order valence-electron chi connectivity index (χ0n) is 12.1. The van der Waals surface area contributed by atoms with Gasteiger partial charge in [0.05, 0.1) is 3.79 Å². The van der Waals surface area contributed by atoms with E-state index in [1.165, 1.54) is 4.88 Å². The van der Waals surface area contributed by atoms with E-state index in [1.807, 2.05) is 17.9 Å². The minimum Gasteiger partial charge on any atom is -0.444 e. The van der Waals surface area contributed by atoms with Crippen LogP contribution < -0.4 is 0 Å². The van der Waals surface area contributed by atoms with Crippen molar-refractivity contribution in [3.05, 3.63) is 42.9 Å². The lowest BCUT2D eigenvalue weighted by molar-refractivity contribution is 0.0596. The number of rotatable bonds is 3. The van der Waals surface area contributed by atoms with Gasteiger partial charge in [-0.1, -0.05) is 0 Å². The first-order valence-corrected chi connectivity index (χ1v) is 9.45. The highest BCUT2D eigenvalue weighted by atomic mass is 79.9. The molecule has 0 saturated carbocycles. The minimum absolute atomic E-state index is 0.0123. The SMILES string of the molecule is Cc1cc(Br)oc1C(=O)N1CCN(Cc2ccc(Br)s2)CC1. The summed E-state index contributed by atoms with van der Waals surface area (Å²) in [6.45, 7) is 6.10. The summed E-state index contributed by atoms with van der Waals surface area (Å²) in [5.74, 6) is 0.434. The second-order valence-corrected chi connectivity index (χ2v) is 8.67. The number of carbonyl (C=O) groups is 1. The normalized spacial score (nSPS) is 16.2. The molecule has 22 heavy (non-hydrogen) atoms. The molecule has 0 N–H and O–H groups in total. The fourth-order valence-electron chi connectivity index (χ4n) is 2.57. The Labute approximate surface area is 150 Å². The Morgan fingerprint density at radius 3 is 2.55 bits per heavy atom. The van der Waals surface area contributed by atoms with Crippen LogP contribution in [-0.2, 0) is 6.54 Å². The Hall–Kier alpha value is -0.630. The number of piperazine rings is 1. The van der Waals surface area contributed by atoms with Crippen LogP contribution in [0.4, 0.5) is 0 Å². The van der Waals surface area contributed by atoms with Gasteiger partial charge >= 0.3 is 0 Å². The summed E-state index contributed by atoms with van der Waals surface area (Å²) in [6, 6.07) is 6.06. The van der Waals surface area contributed by atoms with Gasteiger partial charge in [0.1, 0.15) is 0 Å². The highest BCUT2D eigenvalue weighted by Crippen LogP contribution is 2.24. The zero-order chi connectivity index (χ0) is 15.7. The molecule has 0 spiro atoms. The van der Waals surface area contributed by atoms with Gasteiger partial charge in [-0.15, -0.1) is 11.3 Å². The number of amides is 1. The van der Waals surface area contributed by atoms with Crippen LogP contribution >= 0.6 is 43.2 Å². The van der Waals surface area contributed by atoms with Gasteiger partial charge in [0.2, 0.25) is 0 Å². The fraction of sp³-hybridized carbons (Fsp3) is 0.400. The van der Waals surface area contributed by atoms with Crippen LogP contribution in [0.5, 0.6) is 0 Å². The number of hydrogen-bond donors (Lipinski definition) is 0. The Balaban J connectivity index is 1.57. The lowest BCUT2D eigenvalue weighted by Crippen LogP contribution is -2.48. The quantitative estimate of drug-likeness (QED) is 0.709. The molecule has 0 aromatic carbocycles. The highest BCUT2D eigenvalue weighted by Gasteiger charge is 2.25. The van der Waals surface area contributed by atoms with Crippen molar-refractivity contribution in [2.75, 3.05) is 26.2 Å². The molecule has 0 atom stereocenters. The van der Waals surface area contributed by atoms with Crippen molar-refractivity contribution in [3.63, 3.8) is 0 Å². The third kappa shape index (κ3) is 3.64. The third-order valence-electron chi connectivity index (χ3n) is 3.75. The Morgan fingerprint density at radius 2 is 2.00 bits per heavy atom. The van der Waals surface area contributed by atoms with E-state index in [1.54, 1.807) is 11.3 Å². The molecule has 1 amide bonds. The smallest absolute Gasteiger partial charge is 0.289 e. The van der Waals surface area contributed by atoms with E-state index in [4.69, 9.17) is 4.42 Å². The molecule has 1 aliphatic rings. The molecule has 0 aliphatic carbocycles. The molecule has 3 rings (SSSR count). The maximum Gasteiger partial charge on any atom is 0.289 e. The van der Waals surface area contributed by atoms with Gasteiger partial charge in [-0.3, -0.25) is 9.69 Å². The number of thiophene rings is 1. The summed E-state index contributed by atoms with van der Waals surface area (Å²) < 4.78 is 7.23. The second kappa shape index (κ2) is 6.86. The predicted octanol–water partition coefficient (Wildman–Crippen LogP) is 4.13. The van der Waals surface area contributed by atoms with Crippen LogP contribution in [0, 0.1) is 6.92 Å². The van der Waals surface area contributed by atoms with E-state index in [0.29, 0.717) is 10.4 Å². The maximum absolute atomic E-state index is 12.5. The van der Waals surface area contributed by atoms with Crippen molar-refractivity contribution in [1.82, 2.24) is 9.80 Å². The van der Waals surface area contributed by atoms with E-state index in [9.17, 15) is 4.79 Å². The largest absolute Gasteiger partial charge is 0.444 e. The molecule has 2 aromatic heterocycles. The molecule has 4 nitrogen and oxygen atoms in total. The Kier molecular flexibility index (Phi) is 5.07. The molecule has 7 heteroatoms. The summed E-state index contributed by atoms with van der Waals surface area (Å²) in [5.41, 5.74) is 0.878. The van der Waals surface area contributed by atoms with Crippen molar-refractivity contribution < 1.29 is 9.21 Å². The van der Waals surface area contributed by atoms with E-state index >= 15 is 0 Å². The van der Waals surface area contributed by atoms with Crippen LogP contribution in [0.25, 0.3) is 0 Å². The molecule has 1 fully saturated rings. The molecule has 2 aromatic rings. The topological polar surface area (TPSA) is 36.7 Å². The summed E-state index contributed by atoms with van der Waals surface area (Å²) in [5, 5.41) is 0. The van der Waals surface area contributed by atoms with Gasteiger partial charge in [0.25, 0.3) is 5.91 Å². The van der Waals surface area contributed by atoms with Crippen molar-refractivity contribution in [1.29, 1.82) is 0 Å². The van der Waals surface area contributed by atoms with E-state index < -0.39 is 0 Å². The third-order valence-corrected chi connectivity index (χ3v) is 5.75. The van der Waals surface area contributed by atoms with Crippen LogP contribution in [0.15, 0.2) is 31.1 Å². The molecular formula is C15H16Br2N2O2S. The number of furan rings is 1. The van der Waals surface area contributed by atoms with Gasteiger partial charge in [-0.05, 0) is 57.0 Å². The molecule has 118 valence electrons. The molecule has 3 heterocycles. The second-order valence-electron chi connectivity index (χ2n) is 5.34. The van der Waals surface area contributed by atoms with Crippen LogP contribution in [0.2, 0.25) is 0 Å². The summed E-state index contributed by atoms with van der Waals surface area (Å²) >= 11 is 8.53. The monoisotopic (exact) mass is 446 g/mol. The van der Waals surface area contributed by atoms with Crippen molar-refractivity contribution in [3.8, 4) is 0 Å². The van der Waals surface area contributed by atoms with E-state index in [0.717, 1.165) is 42.1 Å². The number of halogens is 2. The van der Waals surface area contributed by atoms with Gasteiger partial charge in [-0.2, -0.15) is 0 Å². The molecule has 0 unspecified atom stereocenters. The lowest BCUT2D eigenvalue weighted by Gasteiger charge is -2.34. The van der Waals surface area contributed by atoms with E-state index in [2.05, 4.69) is 48.9 Å². The maximum atomic E-state index is 12.5. The first kappa shape index (κ1) is 16.2. The van der Waals surface area contributed by atoms with Crippen LogP contribution in [-0.4, -0.2) is 41.9 Å². The minimum atomic E-state index is -0.0123. The van der Waals surface area contributed by atoms with Gasteiger partial charge in [0.15, 0.2) is 10.4 Å². The van der Waals surface area contributed by atoms with Crippen LogP contribution in [0.1, 0.15) is 21.0 Å². The Bertz CT molecular complexity index is 675. The number of aryl methyl sites for hydroxylation is 1. The van der Waals surface area contributed by atoms with Crippen molar-refractivity contribution in [2.45, 2.75) is 13.5 Å². The average Bonchev–Trinajstić information content (AvgIpc) is 3.04. The van der Waals surface area contributed by atoms with Crippen molar-refractivity contribution in [2.24, 2.45) is 0 Å². The Morgan fingerprint density at radius 1 is 1.27 bits per heavy atom.